The summed E-state index contributed by atoms with van der Waals surface area (Å²) in [6.45, 7) is 8.66. The molecule has 2 aromatic carbocycles. The van der Waals surface area contributed by atoms with Crippen LogP contribution < -0.4 is 5.32 Å². The molecule has 0 radical (unpaired) electrons. The summed E-state index contributed by atoms with van der Waals surface area (Å²) in [6, 6.07) is 18.1. The van der Waals surface area contributed by atoms with Crippen LogP contribution in [0.3, 0.4) is 0 Å². The maximum atomic E-state index is 13.2. The number of aryl methyl sites for hydroxylation is 1. The first-order valence-corrected chi connectivity index (χ1v) is 12.4. The van der Waals surface area contributed by atoms with Gasteiger partial charge in [-0.3, -0.25) is 9.59 Å². The van der Waals surface area contributed by atoms with Gasteiger partial charge in [-0.1, -0.05) is 68.4 Å². The van der Waals surface area contributed by atoms with Gasteiger partial charge in [-0.15, -0.1) is 11.8 Å². The van der Waals surface area contributed by atoms with Crippen LogP contribution in [0.25, 0.3) is 0 Å². The highest BCUT2D eigenvalue weighted by molar-refractivity contribution is 7.99. The van der Waals surface area contributed by atoms with Crippen LogP contribution in [0, 0.1) is 6.92 Å². The van der Waals surface area contributed by atoms with Crippen molar-refractivity contribution in [2.75, 3.05) is 12.3 Å². The molecule has 0 bridgehead atoms. The Bertz CT molecular complexity index is 825. The molecule has 31 heavy (non-hydrogen) atoms. The van der Waals surface area contributed by atoms with Gasteiger partial charge in [-0.05, 0) is 49.8 Å². The predicted molar refractivity (Wildman–Crippen MR) is 131 cm³/mol. The highest BCUT2D eigenvalue weighted by atomic mass is 32.2. The van der Waals surface area contributed by atoms with Crippen molar-refractivity contribution in [3.05, 3.63) is 71.3 Å². The molecule has 0 saturated carbocycles. The van der Waals surface area contributed by atoms with E-state index in [-0.39, 0.29) is 17.9 Å². The topological polar surface area (TPSA) is 49.4 Å². The van der Waals surface area contributed by atoms with Gasteiger partial charge in [-0.25, -0.2) is 0 Å². The molecule has 2 amide bonds. The summed E-state index contributed by atoms with van der Waals surface area (Å²) in [5.74, 6) is 1.14. The van der Waals surface area contributed by atoms with Crippen molar-refractivity contribution in [3.8, 4) is 0 Å². The summed E-state index contributed by atoms with van der Waals surface area (Å²) in [6.07, 6.45) is 2.21. The lowest BCUT2D eigenvalue weighted by molar-refractivity contribution is -0.139. The van der Waals surface area contributed by atoms with Crippen molar-refractivity contribution in [2.45, 2.75) is 64.8 Å². The Hall–Kier alpha value is -2.27. The fraction of sp³-hybridized carbons (Fsp3) is 0.462. The summed E-state index contributed by atoms with van der Waals surface area (Å²) in [5.41, 5.74) is 3.66. The van der Waals surface area contributed by atoms with E-state index in [2.05, 4.69) is 36.5 Å². The molecule has 4 nitrogen and oxygen atoms in total. The third kappa shape index (κ3) is 8.06. The van der Waals surface area contributed by atoms with Gasteiger partial charge in [0.25, 0.3) is 0 Å². The minimum Gasteiger partial charge on any atom is -0.352 e. The Kier molecular flexibility index (Phi) is 10.6. The number of nitrogens with one attached hydrogen (secondary N) is 1. The number of carbonyl (C=O) groups is 2. The number of thioether (sulfide) groups is 1. The number of nitrogens with zero attached hydrogens (tertiary/aromatic N) is 1. The maximum absolute atomic E-state index is 13.2. The minimum atomic E-state index is -0.440. The first-order chi connectivity index (χ1) is 15.0. The van der Waals surface area contributed by atoms with Crippen LogP contribution >= 0.6 is 11.8 Å². The van der Waals surface area contributed by atoms with E-state index < -0.39 is 6.04 Å². The number of hydrogen-bond donors (Lipinski definition) is 1. The number of hydrogen-bond acceptors (Lipinski definition) is 3. The standard InChI is InChI=1S/C26H36N2O2S/c1-5-21(4)27-26(30)24(6-2)28(17-16-22-13-8-7-9-14-22)25(29)19-31-18-23-15-11-10-12-20(23)3/h7-15,21,24H,5-6,16-19H2,1-4H3,(H,27,30)/t21-,24+/m0/s1. The number of rotatable bonds is 12. The second-order valence-corrected chi connectivity index (χ2v) is 8.97. The SMILES string of the molecule is CC[C@H](C(=O)N[C@@H](C)CC)N(CCc1ccccc1)C(=O)CSCc1ccccc1C. The van der Waals surface area contributed by atoms with Gasteiger partial charge >= 0.3 is 0 Å². The van der Waals surface area contributed by atoms with Crippen molar-refractivity contribution in [2.24, 2.45) is 0 Å². The number of amides is 2. The molecule has 0 aliphatic heterocycles. The molecule has 0 heterocycles. The summed E-state index contributed by atoms with van der Waals surface area (Å²) in [7, 11) is 0. The molecule has 0 aliphatic rings. The van der Waals surface area contributed by atoms with Gasteiger partial charge in [0, 0.05) is 18.3 Å². The Labute approximate surface area is 191 Å². The Morgan fingerprint density at radius 2 is 1.68 bits per heavy atom. The molecular weight excluding hydrogens is 404 g/mol. The zero-order chi connectivity index (χ0) is 22.6. The molecule has 0 fully saturated rings. The second-order valence-electron chi connectivity index (χ2n) is 7.98. The predicted octanol–water partition coefficient (Wildman–Crippen LogP) is 4.99. The average molecular weight is 441 g/mol. The number of carbonyl (C=O) groups excluding carboxylic acids is 2. The van der Waals surface area contributed by atoms with E-state index in [1.807, 2.05) is 51.1 Å². The zero-order valence-electron chi connectivity index (χ0n) is 19.3. The van der Waals surface area contributed by atoms with Crippen molar-refractivity contribution in [1.82, 2.24) is 10.2 Å². The molecule has 0 unspecified atom stereocenters. The molecule has 0 spiro atoms. The van der Waals surface area contributed by atoms with Gasteiger partial charge in [0.1, 0.15) is 6.04 Å². The molecule has 5 heteroatoms. The van der Waals surface area contributed by atoms with Gasteiger partial charge < -0.3 is 10.2 Å². The third-order valence-electron chi connectivity index (χ3n) is 5.62. The molecule has 2 aromatic rings. The van der Waals surface area contributed by atoms with Crippen LogP contribution in [0.1, 0.15) is 50.3 Å². The van der Waals surface area contributed by atoms with E-state index in [1.165, 1.54) is 16.7 Å². The highest BCUT2D eigenvalue weighted by Crippen LogP contribution is 2.18. The largest absolute Gasteiger partial charge is 0.352 e. The first-order valence-electron chi connectivity index (χ1n) is 11.2. The summed E-state index contributed by atoms with van der Waals surface area (Å²) >= 11 is 1.61. The summed E-state index contributed by atoms with van der Waals surface area (Å²) < 4.78 is 0. The fourth-order valence-electron chi connectivity index (χ4n) is 3.44. The van der Waals surface area contributed by atoms with Crippen LogP contribution in [-0.4, -0.2) is 41.1 Å². The molecule has 168 valence electrons. The molecule has 1 N–H and O–H groups in total. The Morgan fingerprint density at radius 3 is 2.32 bits per heavy atom. The fourth-order valence-corrected chi connectivity index (χ4v) is 4.43. The second kappa shape index (κ2) is 13.2. The lowest BCUT2D eigenvalue weighted by Crippen LogP contribution is -2.52. The summed E-state index contributed by atoms with van der Waals surface area (Å²) in [5, 5.41) is 3.06. The molecule has 0 aromatic heterocycles. The lowest BCUT2D eigenvalue weighted by atomic mass is 10.1. The van der Waals surface area contributed by atoms with Gasteiger partial charge in [0.05, 0.1) is 5.75 Å². The van der Waals surface area contributed by atoms with Crippen LogP contribution in [-0.2, 0) is 21.8 Å². The Morgan fingerprint density at radius 1 is 1.00 bits per heavy atom. The summed E-state index contributed by atoms with van der Waals surface area (Å²) in [4.78, 5) is 27.9. The van der Waals surface area contributed by atoms with Gasteiger partial charge in [0.15, 0.2) is 0 Å². The smallest absolute Gasteiger partial charge is 0.243 e. The van der Waals surface area contributed by atoms with E-state index in [0.29, 0.717) is 18.7 Å². The van der Waals surface area contributed by atoms with E-state index in [4.69, 9.17) is 0 Å². The molecule has 2 atom stereocenters. The van der Waals surface area contributed by atoms with E-state index >= 15 is 0 Å². The third-order valence-corrected chi connectivity index (χ3v) is 6.58. The number of benzene rings is 2. The maximum Gasteiger partial charge on any atom is 0.243 e. The first kappa shape index (κ1) is 25.0. The van der Waals surface area contributed by atoms with Crippen molar-refractivity contribution in [3.63, 3.8) is 0 Å². The van der Waals surface area contributed by atoms with Gasteiger partial charge in [-0.2, -0.15) is 0 Å². The molecular formula is C26H36N2O2S. The van der Waals surface area contributed by atoms with E-state index in [1.54, 1.807) is 16.7 Å². The zero-order valence-corrected chi connectivity index (χ0v) is 20.1. The quantitative estimate of drug-likeness (QED) is 0.506. The van der Waals surface area contributed by atoms with Crippen LogP contribution in [0.5, 0.6) is 0 Å². The molecule has 2 rings (SSSR count). The van der Waals surface area contributed by atoms with Crippen molar-refractivity contribution < 1.29 is 9.59 Å². The average Bonchev–Trinajstić information content (AvgIpc) is 2.78. The van der Waals surface area contributed by atoms with Crippen LogP contribution in [0.15, 0.2) is 54.6 Å². The van der Waals surface area contributed by atoms with Crippen molar-refractivity contribution >= 4 is 23.6 Å². The van der Waals surface area contributed by atoms with Crippen molar-refractivity contribution in [1.29, 1.82) is 0 Å². The van der Waals surface area contributed by atoms with E-state index in [9.17, 15) is 9.59 Å². The van der Waals surface area contributed by atoms with Gasteiger partial charge in [0.2, 0.25) is 11.8 Å². The lowest BCUT2D eigenvalue weighted by Gasteiger charge is -2.31. The van der Waals surface area contributed by atoms with E-state index in [0.717, 1.165) is 18.6 Å². The van der Waals surface area contributed by atoms with Crippen LogP contribution in [0.2, 0.25) is 0 Å². The highest BCUT2D eigenvalue weighted by Gasteiger charge is 2.28. The molecule has 0 saturated heterocycles. The van der Waals surface area contributed by atoms with Crippen LogP contribution in [0.4, 0.5) is 0 Å². The molecule has 0 aliphatic carbocycles. The normalized spacial score (nSPS) is 12.8. The minimum absolute atomic E-state index is 0.0284. The monoisotopic (exact) mass is 440 g/mol. The Balaban J connectivity index is 2.07.